The fourth-order valence-electron chi connectivity index (χ4n) is 10.1. The van der Waals surface area contributed by atoms with Crippen molar-refractivity contribution >= 4 is 39.5 Å². The molecule has 86 heavy (non-hydrogen) atoms. The van der Waals surface area contributed by atoms with Crippen LogP contribution in [0.5, 0.6) is 0 Å². The average molecular weight is 1270 g/mol. The third-order valence-corrected chi connectivity index (χ3v) is 17.8. The summed E-state index contributed by atoms with van der Waals surface area (Å²) in [5, 5.41) is 10.5. The summed E-state index contributed by atoms with van der Waals surface area (Å²) >= 11 is 0. The molecular formula is C67H130O17P2. The quantitative estimate of drug-likeness (QED) is 0.0222. The van der Waals surface area contributed by atoms with Crippen LogP contribution in [-0.2, 0) is 65.4 Å². The van der Waals surface area contributed by atoms with E-state index >= 15 is 0 Å². The third-order valence-electron chi connectivity index (χ3n) is 15.9. The maximum absolute atomic E-state index is 13.0. The highest BCUT2D eigenvalue weighted by atomic mass is 31.2. The lowest BCUT2D eigenvalue weighted by Crippen LogP contribution is -2.30. The number of aliphatic hydroxyl groups is 1. The SMILES string of the molecule is CCCCCCCCCCCCCCCCCCCCCC(=O)O[C@H](COC(=O)CCCCCCCCCCC(C)CC)COP(=O)(O)OC[C@@H](O)COP(=O)(O)OC[C@@H](COC(=O)CCCCCCC)OC(=O)CCCCCCCCCCCC. The first-order valence-electron chi connectivity index (χ1n) is 35.2. The Labute approximate surface area is 524 Å². The van der Waals surface area contributed by atoms with Crippen LogP contribution in [0.4, 0.5) is 0 Å². The lowest BCUT2D eigenvalue weighted by atomic mass is 9.99. The number of carbonyl (C=O) groups is 4. The fourth-order valence-corrected chi connectivity index (χ4v) is 11.7. The molecule has 0 aliphatic rings. The second-order valence-corrected chi connectivity index (χ2v) is 27.4. The molecular weight excluding hydrogens is 1140 g/mol. The summed E-state index contributed by atoms with van der Waals surface area (Å²) in [5.41, 5.74) is 0. The summed E-state index contributed by atoms with van der Waals surface area (Å²) in [7, 11) is -9.88. The summed E-state index contributed by atoms with van der Waals surface area (Å²) in [6, 6.07) is 0. The molecule has 0 aliphatic carbocycles. The maximum atomic E-state index is 13.0. The minimum Gasteiger partial charge on any atom is -0.462 e. The predicted molar refractivity (Wildman–Crippen MR) is 345 cm³/mol. The van der Waals surface area contributed by atoms with Crippen LogP contribution < -0.4 is 0 Å². The first-order valence-corrected chi connectivity index (χ1v) is 38.2. The number of phosphoric ester groups is 2. The predicted octanol–water partition coefficient (Wildman–Crippen LogP) is 19.0. The van der Waals surface area contributed by atoms with Crippen molar-refractivity contribution in [2.24, 2.45) is 5.92 Å². The van der Waals surface area contributed by atoms with E-state index in [1.54, 1.807) is 0 Å². The van der Waals surface area contributed by atoms with Crippen LogP contribution in [0.15, 0.2) is 0 Å². The lowest BCUT2D eigenvalue weighted by Gasteiger charge is -2.21. The smallest absolute Gasteiger partial charge is 0.462 e. The van der Waals surface area contributed by atoms with Gasteiger partial charge in [0.25, 0.3) is 0 Å². The molecule has 0 spiro atoms. The normalized spacial score (nSPS) is 14.5. The van der Waals surface area contributed by atoms with Gasteiger partial charge in [-0.05, 0) is 31.6 Å². The minimum absolute atomic E-state index is 0.106. The Kier molecular flexibility index (Phi) is 59.2. The summed E-state index contributed by atoms with van der Waals surface area (Å²) in [5.74, 6) is -1.36. The molecule has 6 atom stereocenters. The highest BCUT2D eigenvalue weighted by Gasteiger charge is 2.30. The molecule has 0 saturated heterocycles. The van der Waals surface area contributed by atoms with Gasteiger partial charge in [0.05, 0.1) is 26.4 Å². The average Bonchev–Trinajstić information content (AvgIpc) is 3.66. The number of esters is 4. The number of ether oxygens (including phenoxy) is 4. The molecule has 510 valence electrons. The van der Waals surface area contributed by atoms with Gasteiger partial charge in [-0.3, -0.25) is 37.3 Å². The molecule has 0 fully saturated rings. The Morgan fingerprint density at radius 3 is 0.826 bits per heavy atom. The third kappa shape index (κ3) is 59.7. The largest absolute Gasteiger partial charge is 0.472 e. The van der Waals surface area contributed by atoms with Crippen molar-refractivity contribution in [2.45, 2.75) is 361 Å². The van der Waals surface area contributed by atoms with Crippen LogP contribution in [0.3, 0.4) is 0 Å². The second-order valence-electron chi connectivity index (χ2n) is 24.5. The molecule has 19 heteroatoms. The fraction of sp³-hybridized carbons (Fsp3) is 0.940. The van der Waals surface area contributed by atoms with Crippen molar-refractivity contribution in [1.82, 2.24) is 0 Å². The number of aliphatic hydroxyl groups excluding tert-OH is 1. The van der Waals surface area contributed by atoms with E-state index in [0.717, 1.165) is 102 Å². The molecule has 0 aliphatic heterocycles. The highest BCUT2D eigenvalue weighted by molar-refractivity contribution is 7.47. The Morgan fingerprint density at radius 2 is 0.558 bits per heavy atom. The molecule has 0 bridgehead atoms. The first-order chi connectivity index (χ1) is 41.6. The zero-order valence-electron chi connectivity index (χ0n) is 55.4. The Hall–Kier alpha value is -1.94. The standard InChI is InChI=1S/C67H130O17P2/c1-6-10-13-16-18-20-22-23-24-25-26-27-28-29-30-32-38-43-48-53-67(72)84-63(57-78-65(70)51-46-41-36-34-33-35-40-44-49-60(5)9-4)59-82-86(75,76)80-55-61(68)54-79-85(73,74)81-58-62(56-77-64(69)50-45-39-15-12-8-3)83-66(71)52-47-42-37-31-21-19-17-14-11-7-2/h60-63,68H,6-59H2,1-5H3,(H,73,74)(H,75,76)/t60?,61-,62+,63+/m0/s1. The van der Waals surface area contributed by atoms with Crippen LogP contribution >= 0.6 is 15.6 Å². The topological polar surface area (TPSA) is 237 Å². The van der Waals surface area contributed by atoms with Gasteiger partial charge in [0, 0.05) is 25.7 Å². The molecule has 0 saturated carbocycles. The van der Waals surface area contributed by atoms with E-state index in [1.165, 1.54) is 161 Å². The lowest BCUT2D eigenvalue weighted by molar-refractivity contribution is -0.161. The van der Waals surface area contributed by atoms with Crippen molar-refractivity contribution in [1.29, 1.82) is 0 Å². The Balaban J connectivity index is 5.13. The monoisotopic (exact) mass is 1270 g/mol. The molecule has 0 rings (SSSR count). The zero-order valence-corrected chi connectivity index (χ0v) is 57.2. The number of phosphoric acid groups is 2. The second kappa shape index (κ2) is 60.6. The van der Waals surface area contributed by atoms with Crippen molar-refractivity contribution in [3.63, 3.8) is 0 Å². The number of rotatable bonds is 67. The maximum Gasteiger partial charge on any atom is 0.472 e. The van der Waals surface area contributed by atoms with Gasteiger partial charge in [-0.2, -0.15) is 0 Å². The van der Waals surface area contributed by atoms with Gasteiger partial charge in [0.15, 0.2) is 12.2 Å². The number of carbonyl (C=O) groups excluding carboxylic acids is 4. The van der Waals surface area contributed by atoms with Crippen molar-refractivity contribution in [3.05, 3.63) is 0 Å². The number of hydrogen-bond donors (Lipinski definition) is 3. The number of hydrogen-bond acceptors (Lipinski definition) is 15. The van der Waals surface area contributed by atoms with Gasteiger partial charge in [-0.15, -0.1) is 0 Å². The minimum atomic E-state index is -4.95. The van der Waals surface area contributed by atoms with Crippen LogP contribution in [0.25, 0.3) is 0 Å². The molecule has 3 unspecified atom stereocenters. The summed E-state index contributed by atoms with van der Waals surface area (Å²) in [6.07, 6.45) is 46.2. The molecule has 3 N–H and O–H groups in total. The molecule has 0 radical (unpaired) electrons. The van der Waals surface area contributed by atoms with Crippen molar-refractivity contribution < 1.29 is 80.2 Å². The molecule has 0 aromatic carbocycles. The summed E-state index contributed by atoms with van der Waals surface area (Å²) in [6.45, 7) is 7.13. The van der Waals surface area contributed by atoms with Gasteiger partial charge in [-0.1, -0.05) is 291 Å². The van der Waals surface area contributed by atoms with Crippen LogP contribution in [0.1, 0.15) is 343 Å². The summed E-state index contributed by atoms with van der Waals surface area (Å²) < 4.78 is 67.9. The molecule has 17 nitrogen and oxygen atoms in total. The van der Waals surface area contributed by atoms with E-state index in [4.69, 9.17) is 37.0 Å². The summed E-state index contributed by atoms with van der Waals surface area (Å²) in [4.78, 5) is 72.1. The van der Waals surface area contributed by atoms with E-state index in [1.807, 2.05) is 0 Å². The van der Waals surface area contributed by atoms with Crippen molar-refractivity contribution in [2.75, 3.05) is 39.6 Å². The van der Waals surface area contributed by atoms with Gasteiger partial charge < -0.3 is 33.8 Å². The van der Waals surface area contributed by atoms with Crippen molar-refractivity contribution in [3.8, 4) is 0 Å². The Morgan fingerprint density at radius 1 is 0.326 bits per heavy atom. The molecule has 0 amide bonds. The zero-order chi connectivity index (χ0) is 63.5. The molecule has 0 heterocycles. The van der Waals surface area contributed by atoms with Gasteiger partial charge in [0.1, 0.15) is 19.3 Å². The van der Waals surface area contributed by atoms with Crippen LogP contribution in [0, 0.1) is 5.92 Å². The molecule has 0 aromatic heterocycles. The van der Waals surface area contributed by atoms with E-state index in [2.05, 4.69) is 34.6 Å². The van der Waals surface area contributed by atoms with E-state index in [-0.39, 0.29) is 25.7 Å². The van der Waals surface area contributed by atoms with Gasteiger partial charge >= 0.3 is 39.5 Å². The molecule has 0 aromatic rings. The van der Waals surface area contributed by atoms with E-state index in [9.17, 15) is 43.2 Å². The number of unbranched alkanes of at least 4 members (excludes halogenated alkanes) is 38. The highest BCUT2D eigenvalue weighted by Crippen LogP contribution is 2.45. The van der Waals surface area contributed by atoms with E-state index < -0.39 is 97.5 Å². The Bertz CT molecular complexity index is 1670. The van der Waals surface area contributed by atoms with Crippen LogP contribution in [0.2, 0.25) is 0 Å². The van der Waals surface area contributed by atoms with Gasteiger partial charge in [-0.25, -0.2) is 9.13 Å². The first kappa shape index (κ1) is 84.1. The van der Waals surface area contributed by atoms with E-state index in [0.29, 0.717) is 25.7 Å². The van der Waals surface area contributed by atoms with Gasteiger partial charge in [0.2, 0.25) is 0 Å². The van der Waals surface area contributed by atoms with Crippen LogP contribution in [-0.4, -0.2) is 96.7 Å².